The summed E-state index contributed by atoms with van der Waals surface area (Å²) in [6, 6.07) is 7.64. The molecule has 1 amide bonds. The molecule has 8 nitrogen and oxygen atoms in total. The number of benzene rings is 1. The number of ether oxygens (including phenoxy) is 3. The summed E-state index contributed by atoms with van der Waals surface area (Å²) < 4.78 is 15.2. The fourth-order valence-electron chi connectivity index (χ4n) is 1.87. The van der Waals surface area contributed by atoms with Crippen LogP contribution in [0.2, 0.25) is 5.15 Å². The number of rotatable bonds is 8. The number of esters is 1. The Morgan fingerprint density at radius 2 is 2.04 bits per heavy atom. The quantitative estimate of drug-likeness (QED) is 0.426. The lowest BCUT2D eigenvalue weighted by atomic mass is 10.2. The third-order valence-corrected chi connectivity index (χ3v) is 3.37. The van der Waals surface area contributed by atoms with E-state index in [0.717, 1.165) is 0 Å². The molecule has 1 N–H and O–H groups in total. The van der Waals surface area contributed by atoms with Gasteiger partial charge in [-0.25, -0.2) is 9.78 Å². The van der Waals surface area contributed by atoms with Gasteiger partial charge in [0.15, 0.2) is 29.9 Å². The van der Waals surface area contributed by atoms with E-state index in [1.165, 1.54) is 31.5 Å². The molecular weight excluding hydrogens is 364 g/mol. The molecule has 0 fully saturated rings. The van der Waals surface area contributed by atoms with E-state index in [1.807, 2.05) is 0 Å². The second kappa shape index (κ2) is 9.38. The van der Waals surface area contributed by atoms with Gasteiger partial charge in [0.2, 0.25) is 0 Å². The number of methoxy groups -OCH3 is 1. The Kier molecular flexibility index (Phi) is 6.92. The van der Waals surface area contributed by atoms with E-state index in [-0.39, 0.29) is 10.9 Å². The van der Waals surface area contributed by atoms with E-state index in [0.29, 0.717) is 23.3 Å². The molecule has 136 valence electrons. The Bertz CT molecular complexity index is 812. The molecule has 9 heteroatoms. The zero-order valence-corrected chi connectivity index (χ0v) is 14.5. The molecule has 1 aromatic carbocycles. The van der Waals surface area contributed by atoms with Crippen LogP contribution in [0.5, 0.6) is 11.5 Å². The summed E-state index contributed by atoms with van der Waals surface area (Å²) in [7, 11) is 1.41. The van der Waals surface area contributed by atoms with E-state index in [1.54, 1.807) is 12.1 Å². The molecule has 0 atom stereocenters. The van der Waals surface area contributed by atoms with Crippen LogP contribution in [-0.4, -0.2) is 43.5 Å². The van der Waals surface area contributed by atoms with E-state index in [9.17, 15) is 14.4 Å². The molecule has 0 spiro atoms. The van der Waals surface area contributed by atoms with E-state index >= 15 is 0 Å². The lowest BCUT2D eigenvalue weighted by Crippen LogP contribution is -2.24. The molecule has 0 aliphatic rings. The summed E-state index contributed by atoms with van der Waals surface area (Å²) in [5.74, 6) is -0.756. The van der Waals surface area contributed by atoms with Gasteiger partial charge in [-0.05, 0) is 30.3 Å². The van der Waals surface area contributed by atoms with Crippen LogP contribution in [0.15, 0.2) is 36.5 Å². The van der Waals surface area contributed by atoms with Crippen LogP contribution < -0.4 is 14.8 Å². The minimum Gasteiger partial charge on any atom is -0.493 e. The van der Waals surface area contributed by atoms with Gasteiger partial charge in [0, 0.05) is 11.8 Å². The fraction of sp³-hybridized carbons (Fsp3) is 0.176. The summed E-state index contributed by atoms with van der Waals surface area (Å²) in [6.07, 6.45) is 2.14. The number of amides is 1. The highest BCUT2D eigenvalue weighted by atomic mass is 35.5. The second-order valence-electron chi connectivity index (χ2n) is 4.87. The number of nitrogens with zero attached hydrogens (tertiary/aromatic N) is 1. The highest BCUT2D eigenvalue weighted by Gasteiger charge is 2.12. The normalized spacial score (nSPS) is 9.92. The molecule has 0 unspecified atom stereocenters. The van der Waals surface area contributed by atoms with Crippen LogP contribution in [0.1, 0.15) is 10.4 Å². The number of pyridine rings is 1. The van der Waals surface area contributed by atoms with Crippen LogP contribution in [0.4, 0.5) is 5.69 Å². The zero-order valence-electron chi connectivity index (χ0n) is 13.7. The summed E-state index contributed by atoms with van der Waals surface area (Å²) >= 11 is 5.81. The van der Waals surface area contributed by atoms with Crippen molar-refractivity contribution in [3.8, 4) is 11.5 Å². The van der Waals surface area contributed by atoms with Gasteiger partial charge in [-0.1, -0.05) is 11.6 Å². The SMILES string of the molecule is COc1cc(C=O)ccc1OCC(=O)OCC(=O)Nc1cccnc1Cl. The summed E-state index contributed by atoms with van der Waals surface area (Å²) in [6.45, 7) is -0.938. The van der Waals surface area contributed by atoms with Gasteiger partial charge in [0.25, 0.3) is 5.91 Å². The predicted octanol–water partition coefficient (Wildman–Crippen LogP) is 2.12. The van der Waals surface area contributed by atoms with Crippen molar-refractivity contribution in [3.05, 3.63) is 47.2 Å². The van der Waals surface area contributed by atoms with Crippen molar-refractivity contribution in [2.24, 2.45) is 0 Å². The van der Waals surface area contributed by atoms with Gasteiger partial charge >= 0.3 is 5.97 Å². The minimum atomic E-state index is -0.751. The van der Waals surface area contributed by atoms with Gasteiger partial charge in [-0.2, -0.15) is 0 Å². The molecule has 0 aliphatic heterocycles. The van der Waals surface area contributed by atoms with Crippen molar-refractivity contribution in [1.29, 1.82) is 0 Å². The van der Waals surface area contributed by atoms with Gasteiger partial charge in [-0.15, -0.1) is 0 Å². The average Bonchev–Trinajstić information content (AvgIpc) is 2.66. The number of aromatic nitrogens is 1. The van der Waals surface area contributed by atoms with Gasteiger partial charge < -0.3 is 19.5 Å². The van der Waals surface area contributed by atoms with E-state index in [4.69, 9.17) is 25.8 Å². The van der Waals surface area contributed by atoms with Crippen molar-refractivity contribution in [1.82, 2.24) is 4.98 Å². The van der Waals surface area contributed by atoms with Gasteiger partial charge in [0.1, 0.15) is 6.29 Å². The maximum atomic E-state index is 11.7. The molecule has 1 heterocycles. The van der Waals surface area contributed by atoms with Crippen LogP contribution in [0.25, 0.3) is 0 Å². The fourth-order valence-corrected chi connectivity index (χ4v) is 2.03. The van der Waals surface area contributed by atoms with Crippen LogP contribution in [0, 0.1) is 0 Å². The summed E-state index contributed by atoms with van der Waals surface area (Å²) in [4.78, 5) is 38.0. The molecule has 0 radical (unpaired) electrons. The Morgan fingerprint density at radius 1 is 1.23 bits per heavy atom. The summed E-state index contributed by atoms with van der Waals surface area (Å²) in [5.41, 5.74) is 0.717. The molecule has 0 aliphatic carbocycles. The van der Waals surface area contributed by atoms with Crippen molar-refractivity contribution in [2.75, 3.05) is 25.6 Å². The van der Waals surface area contributed by atoms with Gasteiger partial charge in [-0.3, -0.25) is 9.59 Å². The van der Waals surface area contributed by atoms with Crippen LogP contribution >= 0.6 is 11.6 Å². The zero-order chi connectivity index (χ0) is 18.9. The third-order valence-electron chi connectivity index (χ3n) is 3.07. The molecule has 0 bridgehead atoms. The lowest BCUT2D eigenvalue weighted by molar-refractivity contribution is -0.149. The Hall–Kier alpha value is -3.13. The first-order valence-electron chi connectivity index (χ1n) is 7.35. The number of aldehydes is 1. The molecule has 0 saturated carbocycles. The lowest BCUT2D eigenvalue weighted by Gasteiger charge is -2.11. The minimum absolute atomic E-state index is 0.126. The standard InChI is InChI=1S/C17H15ClN2O6/c1-24-14-7-11(8-21)4-5-13(14)25-10-16(23)26-9-15(22)20-12-3-2-6-19-17(12)18/h2-8H,9-10H2,1H3,(H,20,22). The maximum Gasteiger partial charge on any atom is 0.344 e. The monoisotopic (exact) mass is 378 g/mol. The van der Waals surface area contributed by atoms with Crippen molar-refractivity contribution >= 4 is 35.5 Å². The third kappa shape index (κ3) is 5.45. The average molecular weight is 379 g/mol. The Labute approximate surface area is 154 Å². The Balaban J connectivity index is 1.81. The molecule has 2 aromatic rings. The molecule has 0 saturated heterocycles. The summed E-state index contributed by atoms with van der Waals surface area (Å²) in [5, 5.41) is 2.59. The van der Waals surface area contributed by atoms with Crippen LogP contribution in [0.3, 0.4) is 0 Å². The van der Waals surface area contributed by atoms with E-state index in [2.05, 4.69) is 10.3 Å². The molecule has 26 heavy (non-hydrogen) atoms. The predicted molar refractivity (Wildman–Crippen MR) is 92.7 cm³/mol. The van der Waals surface area contributed by atoms with Crippen molar-refractivity contribution < 1.29 is 28.6 Å². The maximum absolute atomic E-state index is 11.7. The number of anilines is 1. The first kappa shape index (κ1) is 19.2. The molecule has 2 rings (SSSR count). The topological polar surface area (TPSA) is 104 Å². The smallest absolute Gasteiger partial charge is 0.344 e. The first-order chi connectivity index (χ1) is 12.5. The second-order valence-corrected chi connectivity index (χ2v) is 5.23. The number of nitrogens with one attached hydrogen (secondary N) is 1. The Morgan fingerprint density at radius 3 is 2.73 bits per heavy atom. The molecule has 1 aromatic heterocycles. The van der Waals surface area contributed by atoms with Gasteiger partial charge in [0.05, 0.1) is 12.8 Å². The highest BCUT2D eigenvalue weighted by molar-refractivity contribution is 6.32. The van der Waals surface area contributed by atoms with Crippen molar-refractivity contribution in [3.63, 3.8) is 0 Å². The molecular formula is C17H15ClN2O6. The first-order valence-corrected chi connectivity index (χ1v) is 7.73. The largest absolute Gasteiger partial charge is 0.493 e. The van der Waals surface area contributed by atoms with E-state index < -0.39 is 25.1 Å². The number of halogens is 1. The number of carbonyl (C=O) groups excluding carboxylic acids is 3. The highest BCUT2D eigenvalue weighted by Crippen LogP contribution is 2.27. The number of hydrogen-bond donors (Lipinski definition) is 1. The van der Waals surface area contributed by atoms with Crippen molar-refractivity contribution in [2.45, 2.75) is 0 Å². The number of carbonyl (C=O) groups is 3. The number of hydrogen-bond acceptors (Lipinski definition) is 7. The van der Waals surface area contributed by atoms with Crippen LogP contribution in [-0.2, 0) is 14.3 Å².